The van der Waals surface area contributed by atoms with Gasteiger partial charge in [-0.2, -0.15) is 13.2 Å². The van der Waals surface area contributed by atoms with Gasteiger partial charge in [0.1, 0.15) is 41.1 Å². The molecular formula is C31H29F6N3O5S. The molecule has 0 spiro atoms. The molecule has 246 valence electrons. The van der Waals surface area contributed by atoms with E-state index in [4.69, 9.17) is 4.74 Å². The molecule has 46 heavy (non-hydrogen) atoms. The lowest BCUT2D eigenvalue weighted by Gasteiger charge is -2.44. The number of aliphatic hydroxyl groups is 4. The van der Waals surface area contributed by atoms with E-state index in [1.54, 1.807) is 31.2 Å². The van der Waals surface area contributed by atoms with Gasteiger partial charge in [-0.3, -0.25) is 0 Å². The zero-order valence-corrected chi connectivity index (χ0v) is 25.1. The van der Waals surface area contributed by atoms with E-state index in [0.717, 1.165) is 16.9 Å². The summed E-state index contributed by atoms with van der Waals surface area (Å²) in [5.74, 6) is -4.67. The fourth-order valence-corrected chi connectivity index (χ4v) is 7.20. The zero-order chi connectivity index (χ0) is 33.6. The minimum atomic E-state index is -4.81. The third-order valence-electron chi connectivity index (χ3n) is 7.96. The maximum Gasteiger partial charge on any atom is 0.416 e. The molecule has 0 radical (unpaired) electrons. The average Bonchev–Trinajstić information content (AvgIpc) is 3.49. The van der Waals surface area contributed by atoms with Crippen molar-refractivity contribution in [1.29, 1.82) is 0 Å². The second-order valence-electron chi connectivity index (χ2n) is 11.1. The van der Waals surface area contributed by atoms with Gasteiger partial charge in [0.25, 0.3) is 0 Å². The second-order valence-corrected chi connectivity index (χ2v) is 12.3. The summed E-state index contributed by atoms with van der Waals surface area (Å²) in [7, 11) is 0. The SMILES string of the molecule is Cc1ccccc1C(C)(O)[C@H](S[C@@H]1O[C@H](CO)[C@H](O)[C@H](n2cc(-c3cc(F)c(F)c(F)c3)nn2)[C@H]1O)c1ccccc1C(F)(F)F. The number of aromatic nitrogens is 3. The summed E-state index contributed by atoms with van der Waals surface area (Å²) < 4.78 is 90.9. The maximum atomic E-state index is 14.3. The number of thioether (sulfide) groups is 1. The van der Waals surface area contributed by atoms with Gasteiger partial charge in [0.2, 0.25) is 0 Å². The number of nitrogens with zero attached hydrogens (tertiary/aromatic N) is 3. The van der Waals surface area contributed by atoms with Crippen LogP contribution in [0.15, 0.2) is 66.9 Å². The first-order valence-electron chi connectivity index (χ1n) is 13.9. The average molecular weight is 670 g/mol. The van der Waals surface area contributed by atoms with Gasteiger partial charge >= 0.3 is 6.18 Å². The van der Waals surface area contributed by atoms with Gasteiger partial charge in [-0.05, 0) is 48.7 Å². The summed E-state index contributed by atoms with van der Waals surface area (Å²) in [5.41, 5.74) is -4.27. The third kappa shape index (κ3) is 6.39. The number of ether oxygens (including phenoxy) is 1. The van der Waals surface area contributed by atoms with Crippen LogP contribution in [0.2, 0.25) is 0 Å². The molecule has 1 aromatic heterocycles. The summed E-state index contributed by atoms with van der Waals surface area (Å²) in [6.45, 7) is 2.24. The first kappa shape index (κ1) is 33.9. The normalized spacial score (nSPS) is 24.0. The molecule has 1 aliphatic rings. The monoisotopic (exact) mass is 669 g/mol. The minimum absolute atomic E-state index is 0.159. The van der Waals surface area contributed by atoms with E-state index < -0.39 is 76.4 Å². The van der Waals surface area contributed by atoms with Crippen LogP contribution in [-0.4, -0.2) is 65.8 Å². The highest BCUT2D eigenvalue weighted by atomic mass is 32.2. The molecule has 1 fully saturated rings. The van der Waals surface area contributed by atoms with E-state index in [9.17, 15) is 46.8 Å². The van der Waals surface area contributed by atoms with Crippen LogP contribution in [0.25, 0.3) is 11.3 Å². The molecular weight excluding hydrogens is 640 g/mol. The fourth-order valence-electron chi connectivity index (χ4n) is 5.66. The van der Waals surface area contributed by atoms with Crippen molar-refractivity contribution in [1.82, 2.24) is 15.0 Å². The summed E-state index contributed by atoms with van der Waals surface area (Å²) >= 11 is 0.649. The molecule has 0 saturated carbocycles. The summed E-state index contributed by atoms with van der Waals surface area (Å²) in [5, 5.41) is 50.9. The molecule has 4 aromatic rings. The molecule has 0 bridgehead atoms. The lowest BCUT2D eigenvalue weighted by atomic mass is 9.84. The Balaban J connectivity index is 1.57. The van der Waals surface area contributed by atoms with Gasteiger partial charge in [0.15, 0.2) is 17.5 Å². The van der Waals surface area contributed by atoms with E-state index in [1.807, 2.05) is 0 Å². The van der Waals surface area contributed by atoms with E-state index in [2.05, 4.69) is 10.3 Å². The highest BCUT2D eigenvalue weighted by Crippen LogP contribution is 2.52. The largest absolute Gasteiger partial charge is 0.416 e. The van der Waals surface area contributed by atoms with Crippen LogP contribution >= 0.6 is 11.8 Å². The van der Waals surface area contributed by atoms with E-state index >= 15 is 0 Å². The highest BCUT2D eigenvalue weighted by molar-refractivity contribution is 8.00. The van der Waals surface area contributed by atoms with E-state index in [0.29, 0.717) is 35.0 Å². The Morgan fingerprint density at radius 2 is 1.57 bits per heavy atom. The number of rotatable bonds is 8. The Labute approximate surface area is 263 Å². The molecule has 5 rings (SSSR count). The molecule has 0 amide bonds. The zero-order valence-electron chi connectivity index (χ0n) is 24.2. The predicted molar refractivity (Wildman–Crippen MR) is 155 cm³/mol. The van der Waals surface area contributed by atoms with Crippen molar-refractivity contribution in [3.63, 3.8) is 0 Å². The van der Waals surface area contributed by atoms with Gasteiger partial charge in [0.05, 0.1) is 23.6 Å². The van der Waals surface area contributed by atoms with Crippen molar-refractivity contribution in [2.24, 2.45) is 0 Å². The van der Waals surface area contributed by atoms with Crippen molar-refractivity contribution < 1.29 is 51.5 Å². The van der Waals surface area contributed by atoms with Gasteiger partial charge in [0, 0.05) is 5.56 Å². The molecule has 1 unspecified atom stereocenters. The summed E-state index contributed by atoms with van der Waals surface area (Å²) in [6.07, 6.45) is -8.48. The standard InChI is InChI=1S/C31H29F6N3O5S/c1-15-7-3-5-9-18(15)30(2,44)28(17-8-4-6-10-19(17)31(35,36)37)46-29-27(43)25(26(42)23(14-41)45-29)40-13-22(38-39-40)16-11-20(32)24(34)21(33)12-16/h3-13,23,25-29,41-44H,14H2,1-2H3/t23-,25+,26+,27-,28-,29+,30?/m1/s1. The van der Waals surface area contributed by atoms with Crippen molar-refractivity contribution in [2.75, 3.05) is 6.61 Å². The van der Waals surface area contributed by atoms with Gasteiger partial charge < -0.3 is 25.2 Å². The Kier molecular flexibility index (Phi) is 9.55. The number of alkyl halides is 3. The number of benzene rings is 3. The molecule has 8 nitrogen and oxygen atoms in total. The van der Waals surface area contributed by atoms with Crippen molar-refractivity contribution >= 4 is 11.8 Å². The molecule has 3 aromatic carbocycles. The molecule has 0 aliphatic carbocycles. The second kappa shape index (κ2) is 13.0. The quantitative estimate of drug-likeness (QED) is 0.152. The molecule has 7 atom stereocenters. The van der Waals surface area contributed by atoms with Crippen LogP contribution < -0.4 is 0 Å². The number of aryl methyl sites for hydroxylation is 1. The van der Waals surface area contributed by atoms with Gasteiger partial charge in [-0.15, -0.1) is 16.9 Å². The summed E-state index contributed by atoms with van der Waals surface area (Å²) in [6, 6.07) is 11.2. The Hall–Kier alpha value is -3.47. The summed E-state index contributed by atoms with van der Waals surface area (Å²) in [4.78, 5) is 0. The Morgan fingerprint density at radius 1 is 0.957 bits per heavy atom. The van der Waals surface area contributed by atoms with Crippen LogP contribution in [0.4, 0.5) is 26.3 Å². The van der Waals surface area contributed by atoms with E-state index in [-0.39, 0.29) is 16.8 Å². The molecule has 2 heterocycles. The van der Waals surface area contributed by atoms with Crippen LogP contribution in [0.1, 0.15) is 40.5 Å². The fraction of sp³-hybridized carbons (Fsp3) is 0.355. The maximum absolute atomic E-state index is 14.3. The highest BCUT2D eigenvalue weighted by Gasteiger charge is 2.50. The lowest BCUT2D eigenvalue weighted by Crippen LogP contribution is -2.55. The van der Waals surface area contributed by atoms with Gasteiger partial charge in [-0.25, -0.2) is 17.9 Å². The smallest absolute Gasteiger partial charge is 0.394 e. The Bertz CT molecular complexity index is 1680. The van der Waals surface area contributed by atoms with Crippen LogP contribution in [0, 0.1) is 24.4 Å². The molecule has 1 aliphatic heterocycles. The lowest BCUT2D eigenvalue weighted by molar-refractivity contribution is -0.179. The van der Waals surface area contributed by atoms with Crippen LogP contribution in [-0.2, 0) is 16.5 Å². The third-order valence-corrected chi connectivity index (χ3v) is 9.61. The Morgan fingerprint density at radius 3 is 2.17 bits per heavy atom. The van der Waals surface area contributed by atoms with Crippen LogP contribution in [0.3, 0.4) is 0 Å². The predicted octanol–water partition coefficient (Wildman–Crippen LogP) is 5.05. The van der Waals surface area contributed by atoms with Gasteiger partial charge in [-0.1, -0.05) is 47.7 Å². The number of aliphatic hydroxyl groups excluding tert-OH is 3. The first-order chi connectivity index (χ1) is 21.6. The first-order valence-corrected chi connectivity index (χ1v) is 14.9. The number of halogens is 6. The van der Waals surface area contributed by atoms with Crippen LogP contribution in [0.5, 0.6) is 0 Å². The topological polar surface area (TPSA) is 121 Å². The number of hydrogen-bond acceptors (Lipinski definition) is 8. The van der Waals surface area contributed by atoms with Crippen molar-refractivity contribution in [3.8, 4) is 11.3 Å². The molecule has 4 N–H and O–H groups in total. The molecule has 15 heteroatoms. The van der Waals surface area contributed by atoms with Crippen molar-refractivity contribution in [2.45, 2.75) is 60.7 Å². The molecule has 1 saturated heterocycles. The van der Waals surface area contributed by atoms with E-state index in [1.165, 1.54) is 25.1 Å². The minimum Gasteiger partial charge on any atom is -0.394 e. The number of hydrogen-bond donors (Lipinski definition) is 4. The van der Waals surface area contributed by atoms with Crippen molar-refractivity contribution in [3.05, 3.63) is 107 Å².